The van der Waals surface area contributed by atoms with Gasteiger partial charge in [0.2, 0.25) is 0 Å². The predicted octanol–water partition coefficient (Wildman–Crippen LogP) is 4.44. The third-order valence-corrected chi connectivity index (χ3v) is 5.14. The maximum atomic E-state index is 12.5. The minimum Gasteiger partial charge on any atom is -0.493 e. The molecule has 160 valence electrons. The Labute approximate surface area is 179 Å². The normalized spacial score (nSPS) is 11.8. The second kappa shape index (κ2) is 8.83. The highest BCUT2D eigenvalue weighted by Gasteiger charge is 2.24. The van der Waals surface area contributed by atoms with Crippen molar-refractivity contribution in [2.45, 2.75) is 12.8 Å². The summed E-state index contributed by atoms with van der Waals surface area (Å²) in [6.45, 7) is 2.09. The summed E-state index contributed by atoms with van der Waals surface area (Å²) in [6, 6.07) is 15.1. The van der Waals surface area contributed by atoms with Crippen LogP contribution in [0.3, 0.4) is 0 Å². The number of methoxy groups -OCH3 is 2. The van der Waals surface area contributed by atoms with Crippen LogP contribution in [-0.2, 0) is 0 Å². The zero-order valence-corrected chi connectivity index (χ0v) is 17.6. The standard InChI is InChI=1S/C23H24N4O4/c1-14-11-21(27-31-14)26-23(28)25-13-18(16-8-6-10-20(29-2)22(16)30-3)17-12-24-19-9-5-4-7-15(17)19/h4-12,18,24H,13H2,1-3H3,(H2,25,26,27,28). The van der Waals surface area contributed by atoms with E-state index in [-0.39, 0.29) is 11.9 Å². The lowest BCUT2D eigenvalue weighted by Gasteiger charge is -2.22. The fourth-order valence-electron chi connectivity index (χ4n) is 3.74. The maximum absolute atomic E-state index is 12.5. The number of carbonyl (C=O) groups excluding carboxylic acids is 1. The summed E-state index contributed by atoms with van der Waals surface area (Å²) in [7, 11) is 3.22. The van der Waals surface area contributed by atoms with Crippen LogP contribution < -0.4 is 20.1 Å². The summed E-state index contributed by atoms with van der Waals surface area (Å²) < 4.78 is 16.2. The van der Waals surface area contributed by atoms with E-state index >= 15 is 0 Å². The number of nitrogens with one attached hydrogen (secondary N) is 3. The Bertz CT molecular complexity index is 1200. The molecule has 0 aliphatic carbocycles. The average molecular weight is 420 g/mol. The molecule has 3 N–H and O–H groups in total. The highest BCUT2D eigenvalue weighted by atomic mass is 16.5. The summed E-state index contributed by atoms with van der Waals surface area (Å²) in [5.41, 5.74) is 2.97. The second-order valence-corrected chi connectivity index (χ2v) is 7.08. The topological polar surface area (TPSA) is 101 Å². The number of H-pyrrole nitrogens is 1. The quantitative estimate of drug-likeness (QED) is 0.410. The monoisotopic (exact) mass is 420 g/mol. The summed E-state index contributed by atoms with van der Waals surface area (Å²) in [5.74, 6) is 2.05. The van der Waals surface area contributed by atoms with Crippen molar-refractivity contribution in [2.24, 2.45) is 0 Å². The number of para-hydroxylation sites is 2. The van der Waals surface area contributed by atoms with Crippen molar-refractivity contribution in [1.29, 1.82) is 0 Å². The van der Waals surface area contributed by atoms with Gasteiger partial charge in [-0.1, -0.05) is 35.5 Å². The number of aryl methyl sites for hydroxylation is 1. The Kier molecular flexibility index (Phi) is 5.79. The van der Waals surface area contributed by atoms with Crippen molar-refractivity contribution in [1.82, 2.24) is 15.5 Å². The zero-order valence-electron chi connectivity index (χ0n) is 17.6. The zero-order chi connectivity index (χ0) is 21.8. The number of ether oxygens (including phenoxy) is 2. The lowest BCUT2D eigenvalue weighted by Crippen LogP contribution is -2.33. The van der Waals surface area contributed by atoms with Gasteiger partial charge in [-0.25, -0.2) is 4.79 Å². The van der Waals surface area contributed by atoms with E-state index in [1.165, 1.54) is 0 Å². The fraction of sp³-hybridized carbons (Fsp3) is 0.217. The number of benzene rings is 2. The van der Waals surface area contributed by atoms with E-state index in [1.807, 2.05) is 42.6 Å². The second-order valence-electron chi connectivity index (χ2n) is 7.08. The summed E-state index contributed by atoms with van der Waals surface area (Å²) in [4.78, 5) is 15.8. The van der Waals surface area contributed by atoms with Crippen LogP contribution in [0.25, 0.3) is 10.9 Å². The number of fused-ring (bicyclic) bond motifs is 1. The van der Waals surface area contributed by atoms with Crippen LogP contribution in [-0.4, -0.2) is 36.9 Å². The number of amides is 2. The van der Waals surface area contributed by atoms with Crippen LogP contribution >= 0.6 is 0 Å². The SMILES string of the molecule is COc1cccc(C(CNC(=O)Nc2cc(C)on2)c2c[nH]c3ccccc23)c1OC. The summed E-state index contributed by atoms with van der Waals surface area (Å²) >= 11 is 0. The van der Waals surface area contributed by atoms with Gasteiger partial charge in [0.25, 0.3) is 0 Å². The number of urea groups is 1. The van der Waals surface area contributed by atoms with Crippen molar-refractivity contribution in [3.8, 4) is 11.5 Å². The molecule has 2 aromatic heterocycles. The first-order valence-electron chi connectivity index (χ1n) is 9.85. The molecule has 31 heavy (non-hydrogen) atoms. The number of nitrogens with zero attached hydrogens (tertiary/aromatic N) is 1. The lowest BCUT2D eigenvalue weighted by atomic mass is 9.90. The Morgan fingerprint density at radius 3 is 2.71 bits per heavy atom. The molecule has 2 aromatic carbocycles. The minimum absolute atomic E-state index is 0.189. The van der Waals surface area contributed by atoms with Crippen LogP contribution in [0.4, 0.5) is 10.6 Å². The molecule has 4 rings (SSSR count). The van der Waals surface area contributed by atoms with Crippen LogP contribution in [0.1, 0.15) is 22.8 Å². The van der Waals surface area contributed by atoms with E-state index in [4.69, 9.17) is 14.0 Å². The van der Waals surface area contributed by atoms with Gasteiger partial charge in [-0.05, 0) is 24.6 Å². The third kappa shape index (κ3) is 4.18. The van der Waals surface area contributed by atoms with Crippen molar-refractivity contribution < 1.29 is 18.8 Å². The molecule has 2 heterocycles. The van der Waals surface area contributed by atoms with E-state index < -0.39 is 0 Å². The average Bonchev–Trinajstić information content (AvgIpc) is 3.39. The largest absolute Gasteiger partial charge is 0.493 e. The molecule has 0 saturated carbocycles. The molecule has 8 heteroatoms. The van der Waals surface area contributed by atoms with Gasteiger partial charge in [0.1, 0.15) is 5.76 Å². The van der Waals surface area contributed by atoms with Gasteiger partial charge in [-0.15, -0.1) is 0 Å². The number of carbonyl (C=O) groups is 1. The van der Waals surface area contributed by atoms with Crippen molar-refractivity contribution in [3.05, 3.63) is 71.6 Å². The Morgan fingerprint density at radius 2 is 1.97 bits per heavy atom. The molecule has 4 aromatic rings. The molecule has 0 saturated heterocycles. The first kappa shape index (κ1) is 20.3. The van der Waals surface area contributed by atoms with Crippen molar-refractivity contribution in [2.75, 3.05) is 26.1 Å². The van der Waals surface area contributed by atoms with Crippen LogP contribution in [0.15, 0.2) is 59.3 Å². The van der Waals surface area contributed by atoms with Crippen LogP contribution in [0.5, 0.6) is 11.5 Å². The Hall–Kier alpha value is -3.94. The van der Waals surface area contributed by atoms with E-state index in [0.717, 1.165) is 22.0 Å². The van der Waals surface area contributed by atoms with Gasteiger partial charge in [-0.3, -0.25) is 5.32 Å². The van der Waals surface area contributed by atoms with Gasteiger partial charge in [-0.2, -0.15) is 0 Å². The molecule has 1 unspecified atom stereocenters. The molecule has 1 atom stereocenters. The van der Waals surface area contributed by atoms with E-state index in [0.29, 0.717) is 29.6 Å². The number of hydrogen-bond donors (Lipinski definition) is 3. The van der Waals surface area contributed by atoms with Crippen molar-refractivity contribution in [3.63, 3.8) is 0 Å². The fourth-order valence-corrected chi connectivity index (χ4v) is 3.74. The number of aromatic nitrogens is 2. The summed E-state index contributed by atoms with van der Waals surface area (Å²) in [5, 5.41) is 10.5. The Morgan fingerprint density at radius 1 is 1.13 bits per heavy atom. The molecule has 8 nitrogen and oxygen atoms in total. The van der Waals surface area contributed by atoms with Crippen molar-refractivity contribution >= 4 is 22.8 Å². The first-order chi connectivity index (χ1) is 15.1. The minimum atomic E-state index is -0.375. The highest BCUT2D eigenvalue weighted by Crippen LogP contribution is 2.40. The number of anilines is 1. The van der Waals surface area contributed by atoms with Gasteiger partial charge in [0.15, 0.2) is 17.3 Å². The molecule has 0 aliphatic heterocycles. The predicted molar refractivity (Wildman–Crippen MR) is 118 cm³/mol. The van der Waals surface area contributed by atoms with Gasteiger partial charge >= 0.3 is 6.03 Å². The van der Waals surface area contributed by atoms with Gasteiger partial charge in [0, 0.05) is 41.2 Å². The van der Waals surface area contributed by atoms with Gasteiger partial charge < -0.3 is 24.3 Å². The maximum Gasteiger partial charge on any atom is 0.320 e. The number of hydrogen-bond acceptors (Lipinski definition) is 5. The molecule has 2 amide bonds. The highest BCUT2D eigenvalue weighted by molar-refractivity contribution is 5.88. The molecule has 0 fully saturated rings. The van der Waals surface area contributed by atoms with E-state index in [9.17, 15) is 4.79 Å². The molecule has 0 aliphatic rings. The molecule has 0 radical (unpaired) electrons. The Balaban J connectivity index is 1.67. The van der Waals surface area contributed by atoms with Crippen LogP contribution in [0.2, 0.25) is 0 Å². The van der Waals surface area contributed by atoms with E-state index in [1.54, 1.807) is 27.2 Å². The number of aromatic amines is 1. The lowest BCUT2D eigenvalue weighted by molar-refractivity contribution is 0.251. The van der Waals surface area contributed by atoms with E-state index in [2.05, 4.69) is 26.8 Å². The third-order valence-electron chi connectivity index (χ3n) is 5.14. The number of rotatable bonds is 7. The molecule has 0 spiro atoms. The van der Waals surface area contributed by atoms with Gasteiger partial charge in [0.05, 0.1) is 14.2 Å². The summed E-state index contributed by atoms with van der Waals surface area (Å²) in [6.07, 6.45) is 1.97. The smallest absolute Gasteiger partial charge is 0.320 e. The molecule has 0 bridgehead atoms. The first-order valence-corrected chi connectivity index (χ1v) is 9.85. The van der Waals surface area contributed by atoms with Crippen LogP contribution in [0, 0.1) is 6.92 Å². The molecular weight excluding hydrogens is 396 g/mol. The molecular formula is C23H24N4O4.